The largest absolute Gasteiger partial charge is 0.469 e. The molecule has 0 unspecified atom stereocenters. The van der Waals surface area contributed by atoms with E-state index in [2.05, 4.69) is 6.92 Å². The Kier molecular flexibility index (Phi) is 2.30. The highest BCUT2D eigenvalue weighted by atomic mass is 16.5. The molecule has 14 heavy (non-hydrogen) atoms. The number of carbonyl (C=O) groups is 1. The van der Waals surface area contributed by atoms with Gasteiger partial charge in [-0.1, -0.05) is 13.3 Å². The molecule has 0 radical (unpaired) electrons. The van der Waals surface area contributed by atoms with Gasteiger partial charge in [0.15, 0.2) is 0 Å². The van der Waals surface area contributed by atoms with E-state index in [4.69, 9.17) is 9.47 Å². The van der Waals surface area contributed by atoms with Crippen LogP contribution in [0.25, 0.3) is 0 Å². The molecule has 2 fully saturated rings. The van der Waals surface area contributed by atoms with Gasteiger partial charge in [-0.15, -0.1) is 0 Å². The topological polar surface area (TPSA) is 35.5 Å². The predicted molar refractivity (Wildman–Crippen MR) is 51.8 cm³/mol. The first kappa shape index (κ1) is 9.97. The van der Waals surface area contributed by atoms with Crippen LogP contribution in [0.1, 0.15) is 32.6 Å². The maximum Gasteiger partial charge on any atom is 0.312 e. The molecular formula is C11H18O3. The fourth-order valence-corrected chi connectivity index (χ4v) is 2.76. The number of methoxy groups -OCH3 is 1. The molecule has 1 aliphatic heterocycles. The first-order valence-electron chi connectivity index (χ1n) is 5.37. The predicted octanol–water partition coefficient (Wildman–Crippen LogP) is 1.76. The summed E-state index contributed by atoms with van der Waals surface area (Å²) in [5, 5.41) is 0. The van der Waals surface area contributed by atoms with Crippen molar-refractivity contribution < 1.29 is 14.3 Å². The van der Waals surface area contributed by atoms with Crippen LogP contribution in [0.2, 0.25) is 0 Å². The summed E-state index contributed by atoms with van der Waals surface area (Å²) in [5.41, 5.74) is -0.0785. The second kappa shape index (κ2) is 3.23. The summed E-state index contributed by atoms with van der Waals surface area (Å²) in [6, 6.07) is 0. The van der Waals surface area contributed by atoms with Crippen molar-refractivity contribution in [1.29, 1.82) is 0 Å². The van der Waals surface area contributed by atoms with Crippen molar-refractivity contribution in [3.05, 3.63) is 0 Å². The van der Waals surface area contributed by atoms with Gasteiger partial charge in [0.25, 0.3) is 0 Å². The van der Waals surface area contributed by atoms with E-state index in [0.29, 0.717) is 0 Å². The van der Waals surface area contributed by atoms with Crippen LogP contribution in [-0.2, 0) is 14.3 Å². The van der Waals surface area contributed by atoms with Gasteiger partial charge in [-0.05, 0) is 19.3 Å². The highest BCUT2D eigenvalue weighted by Gasteiger charge is 2.67. The van der Waals surface area contributed by atoms with Crippen molar-refractivity contribution in [2.75, 3.05) is 20.3 Å². The standard InChI is InChI=1S/C11H18O3/c1-3-4-10(7-14-8-10)11(5-6-11)9(12)13-2/h3-8H2,1-2H3. The van der Waals surface area contributed by atoms with Crippen LogP contribution >= 0.6 is 0 Å². The van der Waals surface area contributed by atoms with Crippen LogP contribution in [0.15, 0.2) is 0 Å². The third-order valence-corrected chi connectivity index (χ3v) is 3.83. The van der Waals surface area contributed by atoms with Crippen molar-refractivity contribution in [2.45, 2.75) is 32.6 Å². The van der Waals surface area contributed by atoms with Crippen molar-refractivity contribution in [1.82, 2.24) is 0 Å². The van der Waals surface area contributed by atoms with Gasteiger partial charge in [-0.3, -0.25) is 4.79 Å². The smallest absolute Gasteiger partial charge is 0.312 e. The van der Waals surface area contributed by atoms with Crippen LogP contribution in [0.4, 0.5) is 0 Å². The lowest BCUT2D eigenvalue weighted by Gasteiger charge is -2.46. The third-order valence-electron chi connectivity index (χ3n) is 3.83. The van der Waals surface area contributed by atoms with Crippen LogP contribution < -0.4 is 0 Å². The lowest BCUT2D eigenvalue weighted by molar-refractivity contribution is -0.187. The number of hydrogen-bond acceptors (Lipinski definition) is 3. The van der Waals surface area contributed by atoms with Crippen molar-refractivity contribution in [3.8, 4) is 0 Å². The molecule has 0 aromatic rings. The van der Waals surface area contributed by atoms with Crippen LogP contribution in [0.5, 0.6) is 0 Å². The maximum atomic E-state index is 11.7. The molecule has 0 aromatic carbocycles. The molecule has 1 saturated heterocycles. The van der Waals surface area contributed by atoms with E-state index in [-0.39, 0.29) is 16.8 Å². The zero-order valence-electron chi connectivity index (χ0n) is 8.97. The molecule has 2 aliphatic rings. The van der Waals surface area contributed by atoms with Crippen molar-refractivity contribution in [2.24, 2.45) is 10.8 Å². The summed E-state index contributed by atoms with van der Waals surface area (Å²) in [5.74, 6) is -0.0192. The normalized spacial score (nSPS) is 26.4. The average Bonchev–Trinajstić information content (AvgIpc) is 2.91. The van der Waals surface area contributed by atoms with Gasteiger partial charge in [-0.25, -0.2) is 0 Å². The van der Waals surface area contributed by atoms with E-state index in [1.165, 1.54) is 7.11 Å². The summed E-state index contributed by atoms with van der Waals surface area (Å²) in [7, 11) is 1.49. The van der Waals surface area contributed by atoms with Gasteiger partial charge in [0.2, 0.25) is 0 Å². The molecule has 0 aromatic heterocycles. The fraction of sp³-hybridized carbons (Fsp3) is 0.909. The van der Waals surface area contributed by atoms with Crippen molar-refractivity contribution >= 4 is 5.97 Å². The minimum absolute atomic E-state index is 0.0192. The van der Waals surface area contributed by atoms with Gasteiger partial charge < -0.3 is 9.47 Å². The Balaban J connectivity index is 2.15. The Morgan fingerprint density at radius 2 is 2.07 bits per heavy atom. The second-order valence-electron chi connectivity index (χ2n) is 4.60. The molecule has 0 atom stereocenters. The molecule has 1 heterocycles. The third kappa shape index (κ3) is 1.11. The summed E-state index contributed by atoms with van der Waals surface area (Å²) in [4.78, 5) is 11.7. The van der Waals surface area contributed by atoms with Crippen LogP contribution in [0.3, 0.4) is 0 Å². The lowest BCUT2D eigenvalue weighted by atomic mass is 9.68. The van der Waals surface area contributed by atoms with Gasteiger partial charge >= 0.3 is 5.97 Å². The SMILES string of the molecule is CCCC1(C2(C(=O)OC)CC2)COC1. The number of esters is 1. The average molecular weight is 198 g/mol. The molecule has 1 saturated carbocycles. The van der Waals surface area contributed by atoms with E-state index in [1.54, 1.807) is 0 Å². The Morgan fingerprint density at radius 3 is 2.36 bits per heavy atom. The first-order chi connectivity index (χ1) is 6.71. The number of ether oxygens (including phenoxy) is 2. The Bertz CT molecular complexity index is 239. The monoisotopic (exact) mass is 198 g/mol. The zero-order valence-corrected chi connectivity index (χ0v) is 8.97. The Labute approximate surface area is 84.8 Å². The summed E-state index contributed by atoms with van der Waals surface area (Å²) >= 11 is 0. The van der Waals surface area contributed by atoms with E-state index in [0.717, 1.165) is 38.9 Å². The fourth-order valence-electron chi connectivity index (χ4n) is 2.76. The lowest BCUT2D eigenvalue weighted by Crippen LogP contribution is -2.52. The highest BCUT2D eigenvalue weighted by molar-refractivity contribution is 5.81. The highest BCUT2D eigenvalue weighted by Crippen LogP contribution is 2.64. The van der Waals surface area contributed by atoms with Crippen molar-refractivity contribution in [3.63, 3.8) is 0 Å². The molecule has 0 spiro atoms. The molecular weight excluding hydrogens is 180 g/mol. The number of carbonyl (C=O) groups excluding carboxylic acids is 1. The number of hydrogen-bond donors (Lipinski definition) is 0. The Morgan fingerprint density at radius 1 is 1.43 bits per heavy atom. The molecule has 0 bridgehead atoms. The molecule has 2 rings (SSSR count). The van der Waals surface area contributed by atoms with E-state index in [9.17, 15) is 4.79 Å². The van der Waals surface area contributed by atoms with Gasteiger partial charge in [0.05, 0.1) is 25.7 Å². The summed E-state index contributed by atoms with van der Waals surface area (Å²) in [6.45, 7) is 3.65. The maximum absolute atomic E-state index is 11.7. The quantitative estimate of drug-likeness (QED) is 0.646. The van der Waals surface area contributed by atoms with E-state index < -0.39 is 0 Å². The molecule has 0 N–H and O–H groups in total. The van der Waals surface area contributed by atoms with Crippen LogP contribution in [0, 0.1) is 10.8 Å². The molecule has 1 aliphatic carbocycles. The number of rotatable bonds is 4. The Hall–Kier alpha value is -0.570. The minimum atomic E-state index is -0.185. The van der Waals surface area contributed by atoms with Gasteiger partial charge in [0.1, 0.15) is 0 Å². The molecule has 80 valence electrons. The summed E-state index contributed by atoms with van der Waals surface area (Å²) < 4.78 is 10.2. The molecule has 3 nitrogen and oxygen atoms in total. The van der Waals surface area contributed by atoms with Crippen LogP contribution in [-0.4, -0.2) is 26.3 Å². The summed E-state index contributed by atoms with van der Waals surface area (Å²) in [6.07, 6.45) is 4.18. The molecule has 3 heteroatoms. The van der Waals surface area contributed by atoms with Gasteiger partial charge in [0, 0.05) is 5.41 Å². The first-order valence-corrected chi connectivity index (χ1v) is 5.37. The zero-order chi connectivity index (χ0) is 10.2. The molecule has 0 amide bonds. The van der Waals surface area contributed by atoms with Gasteiger partial charge in [-0.2, -0.15) is 0 Å². The van der Waals surface area contributed by atoms with E-state index >= 15 is 0 Å². The second-order valence-corrected chi connectivity index (χ2v) is 4.60. The minimum Gasteiger partial charge on any atom is -0.469 e. The van der Waals surface area contributed by atoms with E-state index in [1.807, 2.05) is 0 Å².